The molecule has 1 aromatic rings. The number of hydrogen-bond acceptors (Lipinski definition) is 3. The zero-order chi connectivity index (χ0) is 14.9. The Hall–Kier alpha value is -0.670. The molecule has 112 valence electrons. The summed E-state index contributed by atoms with van der Waals surface area (Å²) in [6.45, 7) is 8.54. The Bertz CT molecular complexity index is 456. The minimum Gasteiger partial charge on any atom is -0.370 e. The molecule has 0 N–H and O–H groups in total. The minimum absolute atomic E-state index is 0.335. The van der Waals surface area contributed by atoms with Gasteiger partial charge < -0.3 is 4.74 Å². The third kappa shape index (κ3) is 2.84. The Morgan fingerprint density at radius 2 is 1.85 bits per heavy atom. The van der Waals surface area contributed by atoms with Crippen molar-refractivity contribution < 1.29 is 4.74 Å². The highest BCUT2D eigenvalue weighted by molar-refractivity contribution is 6.30. The highest BCUT2D eigenvalue weighted by Crippen LogP contribution is 2.41. The van der Waals surface area contributed by atoms with E-state index in [-0.39, 0.29) is 5.60 Å². The summed E-state index contributed by atoms with van der Waals surface area (Å²) in [5.74, 6) is 1.85. The Morgan fingerprint density at radius 3 is 2.30 bits per heavy atom. The summed E-state index contributed by atoms with van der Waals surface area (Å²) in [5.41, 5.74) is 1.67. The van der Waals surface area contributed by atoms with Crippen molar-refractivity contribution in [3.8, 4) is 0 Å². The molecule has 1 aliphatic rings. The van der Waals surface area contributed by atoms with Gasteiger partial charge in [-0.15, -0.1) is 0 Å². The third-order valence-electron chi connectivity index (χ3n) is 4.55. The number of nitrogens with zero attached hydrogens (tertiary/aromatic N) is 2. The van der Waals surface area contributed by atoms with Crippen LogP contribution in [0.4, 0.5) is 0 Å². The Kier molecular flexibility index (Phi) is 4.70. The number of ether oxygens (including phenoxy) is 1. The maximum Gasteiger partial charge on any atom is 0.162 e. The van der Waals surface area contributed by atoms with Gasteiger partial charge in [-0.05, 0) is 44.4 Å². The maximum atomic E-state index is 6.39. The topological polar surface area (TPSA) is 35.0 Å². The molecule has 4 heteroatoms. The van der Waals surface area contributed by atoms with E-state index in [9.17, 15) is 0 Å². The second-order valence-corrected chi connectivity index (χ2v) is 6.73. The first-order valence-electron chi connectivity index (χ1n) is 7.49. The molecule has 0 radical (unpaired) electrons. The van der Waals surface area contributed by atoms with E-state index in [0.717, 1.165) is 48.7 Å². The Labute approximate surface area is 127 Å². The van der Waals surface area contributed by atoms with Crippen molar-refractivity contribution in [3.63, 3.8) is 0 Å². The van der Waals surface area contributed by atoms with Crippen LogP contribution in [0.15, 0.2) is 0 Å². The summed E-state index contributed by atoms with van der Waals surface area (Å²) in [7, 11) is 1.76. The van der Waals surface area contributed by atoms with E-state index < -0.39 is 0 Å². The SMILES string of the molecule is COC1(c2nc(C)c(C(C)C)c(Cl)n2)CCC(C)CC1. The summed E-state index contributed by atoms with van der Waals surface area (Å²) < 4.78 is 5.84. The molecule has 1 fully saturated rings. The number of rotatable bonds is 3. The lowest BCUT2D eigenvalue weighted by Crippen LogP contribution is -2.35. The van der Waals surface area contributed by atoms with E-state index in [1.54, 1.807) is 7.11 Å². The lowest BCUT2D eigenvalue weighted by atomic mass is 9.79. The van der Waals surface area contributed by atoms with E-state index in [0.29, 0.717) is 11.1 Å². The summed E-state index contributed by atoms with van der Waals surface area (Å²) in [6, 6.07) is 0. The molecule has 0 amide bonds. The molecule has 0 spiro atoms. The van der Waals surface area contributed by atoms with Crippen LogP contribution in [0.1, 0.15) is 69.5 Å². The molecule has 2 rings (SSSR count). The number of aromatic nitrogens is 2. The van der Waals surface area contributed by atoms with E-state index in [4.69, 9.17) is 21.3 Å². The molecule has 3 nitrogen and oxygen atoms in total. The molecular weight excluding hydrogens is 272 g/mol. The highest BCUT2D eigenvalue weighted by atomic mass is 35.5. The van der Waals surface area contributed by atoms with Crippen LogP contribution in [0.5, 0.6) is 0 Å². The van der Waals surface area contributed by atoms with Gasteiger partial charge >= 0.3 is 0 Å². The van der Waals surface area contributed by atoms with E-state index in [2.05, 4.69) is 25.8 Å². The second-order valence-electron chi connectivity index (χ2n) is 6.37. The second kappa shape index (κ2) is 5.98. The van der Waals surface area contributed by atoms with Crippen molar-refractivity contribution in [2.45, 2.75) is 64.9 Å². The molecule has 0 atom stereocenters. The third-order valence-corrected chi connectivity index (χ3v) is 4.84. The van der Waals surface area contributed by atoms with Crippen LogP contribution in [-0.2, 0) is 10.3 Å². The van der Waals surface area contributed by atoms with Crippen LogP contribution >= 0.6 is 11.6 Å². The first-order valence-corrected chi connectivity index (χ1v) is 7.87. The fourth-order valence-corrected chi connectivity index (χ4v) is 3.59. The molecule has 0 aliphatic heterocycles. The lowest BCUT2D eigenvalue weighted by Gasteiger charge is -2.37. The zero-order valence-electron chi connectivity index (χ0n) is 13.2. The molecule has 1 aromatic heterocycles. The van der Waals surface area contributed by atoms with Gasteiger partial charge in [-0.25, -0.2) is 9.97 Å². The van der Waals surface area contributed by atoms with Gasteiger partial charge in [-0.2, -0.15) is 0 Å². The molecular formula is C16H25ClN2O. The summed E-state index contributed by atoms with van der Waals surface area (Å²) in [6.07, 6.45) is 4.25. The maximum absolute atomic E-state index is 6.39. The number of methoxy groups -OCH3 is 1. The normalized spacial score (nSPS) is 27.1. The standard InChI is InChI=1S/C16H25ClN2O/c1-10(2)13-12(4)18-15(19-14(13)17)16(20-5)8-6-11(3)7-9-16/h10-11H,6-9H2,1-5H3. The van der Waals surface area contributed by atoms with Crippen molar-refractivity contribution in [2.75, 3.05) is 7.11 Å². The van der Waals surface area contributed by atoms with Crippen LogP contribution < -0.4 is 0 Å². The van der Waals surface area contributed by atoms with Crippen LogP contribution in [0, 0.1) is 12.8 Å². The van der Waals surface area contributed by atoms with Crippen molar-refractivity contribution in [1.29, 1.82) is 0 Å². The molecule has 0 unspecified atom stereocenters. The quantitative estimate of drug-likeness (QED) is 0.764. The average Bonchev–Trinajstić information content (AvgIpc) is 2.38. The van der Waals surface area contributed by atoms with Gasteiger partial charge in [0.25, 0.3) is 0 Å². The summed E-state index contributed by atoms with van der Waals surface area (Å²) >= 11 is 6.39. The van der Waals surface area contributed by atoms with Gasteiger partial charge in [0.2, 0.25) is 0 Å². The zero-order valence-corrected chi connectivity index (χ0v) is 13.9. The van der Waals surface area contributed by atoms with Crippen molar-refractivity contribution in [2.24, 2.45) is 5.92 Å². The minimum atomic E-state index is -0.351. The fourth-order valence-electron chi connectivity index (χ4n) is 3.15. The van der Waals surface area contributed by atoms with Crippen molar-refractivity contribution in [3.05, 3.63) is 22.2 Å². The number of hydrogen-bond donors (Lipinski definition) is 0. The predicted molar refractivity (Wildman–Crippen MR) is 82.2 cm³/mol. The number of halogens is 1. The van der Waals surface area contributed by atoms with E-state index >= 15 is 0 Å². The molecule has 20 heavy (non-hydrogen) atoms. The molecule has 1 saturated carbocycles. The van der Waals surface area contributed by atoms with Gasteiger partial charge in [-0.3, -0.25) is 0 Å². The van der Waals surface area contributed by atoms with Gasteiger partial charge in [-0.1, -0.05) is 32.4 Å². The van der Waals surface area contributed by atoms with Gasteiger partial charge in [0.05, 0.1) is 0 Å². The van der Waals surface area contributed by atoms with Crippen LogP contribution in [0.2, 0.25) is 5.15 Å². The molecule has 1 aliphatic carbocycles. The first kappa shape index (κ1) is 15.7. The number of aryl methyl sites for hydroxylation is 1. The predicted octanol–water partition coefficient (Wildman–Crippen LogP) is 4.61. The Morgan fingerprint density at radius 1 is 1.25 bits per heavy atom. The lowest BCUT2D eigenvalue weighted by molar-refractivity contribution is -0.0598. The van der Waals surface area contributed by atoms with Gasteiger partial charge in [0.1, 0.15) is 10.8 Å². The van der Waals surface area contributed by atoms with Crippen molar-refractivity contribution in [1.82, 2.24) is 9.97 Å². The molecule has 0 saturated heterocycles. The van der Waals surface area contributed by atoms with E-state index in [1.807, 2.05) is 6.92 Å². The summed E-state index contributed by atoms with van der Waals surface area (Å²) in [4.78, 5) is 9.30. The average molecular weight is 297 g/mol. The van der Waals surface area contributed by atoms with Gasteiger partial charge in [0.15, 0.2) is 5.82 Å². The molecule has 0 aromatic carbocycles. The molecule has 1 heterocycles. The van der Waals surface area contributed by atoms with Gasteiger partial charge in [0, 0.05) is 18.4 Å². The van der Waals surface area contributed by atoms with Crippen LogP contribution in [-0.4, -0.2) is 17.1 Å². The van der Waals surface area contributed by atoms with Crippen LogP contribution in [0.3, 0.4) is 0 Å². The smallest absolute Gasteiger partial charge is 0.162 e. The highest BCUT2D eigenvalue weighted by Gasteiger charge is 2.39. The van der Waals surface area contributed by atoms with Crippen LogP contribution in [0.25, 0.3) is 0 Å². The van der Waals surface area contributed by atoms with Crippen molar-refractivity contribution >= 4 is 11.6 Å². The monoisotopic (exact) mass is 296 g/mol. The summed E-state index contributed by atoms with van der Waals surface area (Å²) in [5, 5.41) is 0.581. The fraction of sp³-hybridized carbons (Fsp3) is 0.750. The first-order chi connectivity index (χ1) is 9.39. The Balaban J connectivity index is 2.41. The largest absolute Gasteiger partial charge is 0.370 e. The van der Waals surface area contributed by atoms with E-state index in [1.165, 1.54) is 0 Å². The molecule has 0 bridgehead atoms.